The standard InChI is InChI=1S/C25H30N6O2/c26-22(32)25(7-8-25)19-5-3-15(4-6-19)18-11-30(12-18)23(33)31-13-24(14-31)9-17(10-24)21-27-20(28-29-21)16-1-2-16/h3-6,16-18H,1-2,7-14H2,(H2,26,32)(H,27,28,29). The molecule has 172 valence electrons. The number of aromatic nitrogens is 3. The molecule has 0 unspecified atom stereocenters. The highest BCUT2D eigenvalue weighted by atomic mass is 16.2. The Hall–Kier alpha value is -2.90. The summed E-state index contributed by atoms with van der Waals surface area (Å²) in [5.74, 6) is 3.27. The first-order valence-corrected chi connectivity index (χ1v) is 12.3. The Morgan fingerprint density at radius 3 is 2.27 bits per heavy atom. The van der Waals surface area contributed by atoms with Gasteiger partial charge in [-0.05, 0) is 49.7 Å². The highest BCUT2D eigenvalue weighted by Crippen LogP contribution is 2.56. The lowest BCUT2D eigenvalue weighted by molar-refractivity contribution is -0.120. The summed E-state index contributed by atoms with van der Waals surface area (Å²) in [5, 5.41) is 7.57. The Bertz CT molecular complexity index is 1110. The molecular weight excluding hydrogens is 416 g/mol. The highest BCUT2D eigenvalue weighted by molar-refractivity contribution is 5.89. The molecule has 33 heavy (non-hydrogen) atoms. The quantitative estimate of drug-likeness (QED) is 0.736. The third-order valence-corrected chi connectivity index (χ3v) is 8.84. The van der Waals surface area contributed by atoms with Gasteiger partial charge in [-0.15, -0.1) is 0 Å². The predicted octanol–water partition coefficient (Wildman–Crippen LogP) is 2.60. The van der Waals surface area contributed by atoms with Gasteiger partial charge in [0.2, 0.25) is 5.91 Å². The molecule has 2 aromatic rings. The first-order chi connectivity index (χ1) is 15.9. The largest absolute Gasteiger partial charge is 0.369 e. The normalized spacial score (nSPS) is 25.3. The number of likely N-dealkylation sites (tertiary alicyclic amines) is 2. The number of amides is 3. The molecule has 1 aromatic heterocycles. The van der Waals surface area contributed by atoms with Crippen LogP contribution in [0.1, 0.15) is 79.1 Å². The average molecular weight is 447 g/mol. The summed E-state index contributed by atoms with van der Waals surface area (Å²) in [6.07, 6.45) is 6.37. The number of primary amides is 1. The minimum Gasteiger partial charge on any atom is -0.369 e. The van der Waals surface area contributed by atoms with Crippen LogP contribution in [0.5, 0.6) is 0 Å². The lowest BCUT2D eigenvalue weighted by Crippen LogP contribution is -2.67. The zero-order valence-corrected chi connectivity index (χ0v) is 18.8. The van der Waals surface area contributed by atoms with Crippen molar-refractivity contribution < 1.29 is 9.59 Å². The van der Waals surface area contributed by atoms with E-state index in [1.165, 1.54) is 18.4 Å². The second kappa shape index (κ2) is 6.58. The predicted molar refractivity (Wildman–Crippen MR) is 121 cm³/mol. The van der Waals surface area contributed by atoms with Crippen molar-refractivity contribution >= 4 is 11.9 Å². The number of urea groups is 1. The molecule has 3 N–H and O–H groups in total. The molecule has 0 bridgehead atoms. The van der Waals surface area contributed by atoms with E-state index in [2.05, 4.69) is 22.3 Å². The van der Waals surface area contributed by atoms with Crippen molar-refractivity contribution in [3.63, 3.8) is 0 Å². The lowest BCUT2D eigenvalue weighted by Gasteiger charge is -2.59. The van der Waals surface area contributed by atoms with Crippen LogP contribution in [0.2, 0.25) is 0 Å². The monoisotopic (exact) mass is 446 g/mol. The number of aromatic amines is 1. The van der Waals surface area contributed by atoms with E-state index in [1.54, 1.807) is 0 Å². The molecule has 8 nitrogen and oxygen atoms in total. The average Bonchev–Trinajstić information content (AvgIpc) is 3.64. The molecule has 1 aromatic carbocycles. The van der Waals surface area contributed by atoms with Crippen LogP contribution in [-0.2, 0) is 10.2 Å². The van der Waals surface area contributed by atoms with Crippen molar-refractivity contribution in [3.05, 3.63) is 47.0 Å². The lowest BCUT2D eigenvalue weighted by atomic mass is 9.57. The third kappa shape index (κ3) is 3.02. The molecule has 5 fully saturated rings. The summed E-state index contributed by atoms with van der Waals surface area (Å²) >= 11 is 0. The molecule has 3 aliphatic carbocycles. The van der Waals surface area contributed by atoms with Crippen molar-refractivity contribution in [2.75, 3.05) is 26.2 Å². The number of carbonyl (C=O) groups is 2. The van der Waals surface area contributed by atoms with Gasteiger partial charge in [-0.25, -0.2) is 9.78 Å². The number of nitrogens with two attached hydrogens (primary N) is 1. The van der Waals surface area contributed by atoms with E-state index >= 15 is 0 Å². The SMILES string of the molecule is NC(=O)C1(c2ccc(C3CN(C(=O)N4CC5(CC(c6n[nH]c(C7CC7)n6)C5)C4)C3)cc2)CC1. The molecule has 7 rings (SSSR count). The van der Waals surface area contributed by atoms with Gasteiger partial charge in [0.1, 0.15) is 5.82 Å². The number of H-pyrrole nitrogens is 1. The summed E-state index contributed by atoms with van der Waals surface area (Å²) in [5.41, 5.74) is 7.72. The highest BCUT2D eigenvalue weighted by Gasteiger charge is 2.56. The molecule has 0 radical (unpaired) electrons. The van der Waals surface area contributed by atoms with Crippen LogP contribution in [0.25, 0.3) is 0 Å². The van der Waals surface area contributed by atoms with E-state index in [0.29, 0.717) is 23.2 Å². The van der Waals surface area contributed by atoms with Crippen molar-refractivity contribution in [1.29, 1.82) is 0 Å². The Morgan fingerprint density at radius 1 is 0.970 bits per heavy atom. The van der Waals surface area contributed by atoms with Crippen LogP contribution in [-0.4, -0.2) is 63.1 Å². The van der Waals surface area contributed by atoms with Gasteiger partial charge in [0.05, 0.1) is 5.41 Å². The maximum atomic E-state index is 12.9. The van der Waals surface area contributed by atoms with E-state index in [9.17, 15) is 9.59 Å². The zero-order valence-electron chi connectivity index (χ0n) is 18.8. The molecule has 2 saturated heterocycles. The molecular formula is C25H30N6O2. The van der Waals surface area contributed by atoms with Gasteiger partial charge in [-0.3, -0.25) is 9.89 Å². The Kier molecular flexibility index (Phi) is 3.90. The van der Waals surface area contributed by atoms with E-state index in [1.807, 2.05) is 21.9 Å². The maximum absolute atomic E-state index is 12.9. The van der Waals surface area contributed by atoms with E-state index < -0.39 is 5.41 Å². The first-order valence-electron chi connectivity index (χ1n) is 12.3. The Labute approximate surface area is 192 Å². The van der Waals surface area contributed by atoms with Crippen molar-refractivity contribution in [2.45, 2.75) is 61.7 Å². The summed E-state index contributed by atoms with van der Waals surface area (Å²) in [6.45, 7) is 3.28. The fourth-order valence-electron chi connectivity index (χ4n) is 6.26. The minimum absolute atomic E-state index is 0.177. The van der Waals surface area contributed by atoms with Crippen LogP contribution in [0, 0.1) is 5.41 Å². The molecule has 3 saturated carbocycles. The number of benzene rings is 1. The van der Waals surface area contributed by atoms with E-state index in [-0.39, 0.29) is 11.9 Å². The third-order valence-electron chi connectivity index (χ3n) is 8.84. The number of carbonyl (C=O) groups excluding carboxylic acids is 2. The van der Waals surface area contributed by atoms with Gasteiger partial charge in [0, 0.05) is 49.3 Å². The molecule has 1 spiro atoms. The van der Waals surface area contributed by atoms with Gasteiger partial charge in [0.25, 0.3) is 0 Å². The maximum Gasteiger partial charge on any atom is 0.320 e. The topological polar surface area (TPSA) is 108 Å². The van der Waals surface area contributed by atoms with Crippen LogP contribution >= 0.6 is 0 Å². The number of hydrogen-bond donors (Lipinski definition) is 2. The van der Waals surface area contributed by atoms with Gasteiger partial charge in [-0.2, -0.15) is 5.10 Å². The number of nitrogens with zero attached hydrogens (tertiary/aromatic N) is 4. The summed E-state index contributed by atoms with van der Waals surface area (Å²) in [6, 6.07) is 8.49. The summed E-state index contributed by atoms with van der Waals surface area (Å²) in [4.78, 5) is 33.3. The van der Waals surface area contributed by atoms with Crippen LogP contribution in [0.3, 0.4) is 0 Å². The number of rotatable bonds is 5. The molecule has 3 amide bonds. The van der Waals surface area contributed by atoms with Gasteiger partial charge < -0.3 is 15.5 Å². The molecule has 5 aliphatic rings. The van der Waals surface area contributed by atoms with Crippen molar-refractivity contribution in [2.24, 2.45) is 11.1 Å². The first kappa shape index (κ1) is 19.6. The number of nitrogens with one attached hydrogen (secondary N) is 1. The molecule has 8 heteroatoms. The molecule has 0 atom stereocenters. The number of hydrogen-bond acceptors (Lipinski definition) is 4. The van der Waals surface area contributed by atoms with Crippen LogP contribution < -0.4 is 5.73 Å². The van der Waals surface area contributed by atoms with E-state index in [4.69, 9.17) is 10.7 Å². The van der Waals surface area contributed by atoms with Gasteiger partial charge in [-0.1, -0.05) is 24.3 Å². The van der Waals surface area contributed by atoms with Gasteiger partial charge in [0.15, 0.2) is 5.82 Å². The second-order valence-corrected chi connectivity index (χ2v) is 11.3. The Balaban J connectivity index is 0.892. The van der Waals surface area contributed by atoms with Gasteiger partial charge >= 0.3 is 6.03 Å². The molecule has 2 aliphatic heterocycles. The smallest absolute Gasteiger partial charge is 0.320 e. The fraction of sp³-hybridized carbons (Fsp3) is 0.600. The van der Waals surface area contributed by atoms with Crippen LogP contribution in [0.15, 0.2) is 24.3 Å². The Morgan fingerprint density at radius 2 is 1.67 bits per heavy atom. The fourth-order valence-corrected chi connectivity index (χ4v) is 6.26. The van der Waals surface area contributed by atoms with Crippen molar-refractivity contribution in [1.82, 2.24) is 25.0 Å². The summed E-state index contributed by atoms with van der Waals surface area (Å²) in [7, 11) is 0. The minimum atomic E-state index is -0.430. The molecule has 3 heterocycles. The second-order valence-electron chi connectivity index (χ2n) is 11.3. The van der Waals surface area contributed by atoms with E-state index in [0.717, 1.165) is 69.1 Å². The van der Waals surface area contributed by atoms with Crippen molar-refractivity contribution in [3.8, 4) is 0 Å². The zero-order chi connectivity index (χ0) is 22.4. The summed E-state index contributed by atoms with van der Waals surface area (Å²) < 4.78 is 0. The van der Waals surface area contributed by atoms with Crippen LogP contribution in [0.4, 0.5) is 4.79 Å².